The van der Waals surface area contributed by atoms with Crippen LogP contribution in [0.3, 0.4) is 0 Å². The van der Waals surface area contributed by atoms with E-state index in [0.717, 1.165) is 0 Å². The Morgan fingerprint density at radius 2 is 2.21 bits per heavy atom. The van der Waals surface area contributed by atoms with Crippen LogP contribution in [0, 0.1) is 11.7 Å². The van der Waals surface area contributed by atoms with Gasteiger partial charge in [-0.15, -0.1) is 0 Å². The molecule has 0 aliphatic rings. The Morgan fingerprint density at radius 1 is 1.47 bits per heavy atom. The molecule has 0 unspecified atom stereocenters. The minimum atomic E-state index is -0.554. The molecule has 0 atom stereocenters. The molecule has 5 heteroatoms. The first-order valence-electron chi connectivity index (χ1n) is 6.37. The van der Waals surface area contributed by atoms with Crippen molar-refractivity contribution in [3.8, 4) is 0 Å². The van der Waals surface area contributed by atoms with Crippen molar-refractivity contribution in [2.24, 2.45) is 11.7 Å². The van der Waals surface area contributed by atoms with Gasteiger partial charge in [-0.3, -0.25) is 4.79 Å². The molecule has 3 N–H and O–H groups in total. The quantitative estimate of drug-likeness (QED) is 0.705. The van der Waals surface area contributed by atoms with Crippen LogP contribution in [0.5, 0.6) is 0 Å². The standard InChI is InChI=1S/C14H21FN2O2/c1-10(2)9-19-6-5-17-8-12-7-11(14(16)18)3-4-13(12)15/h3-4,7,10,17H,5-6,8-9H2,1-2H3,(H2,16,18). The summed E-state index contributed by atoms with van der Waals surface area (Å²) >= 11 is 0. The maximum atomic E-state index is 13.5. The Labute approximate surface area is 113 Å². The van der Waals surface area contributed by atoms with Crippen LogP contribution in [0.25, 0.3) is 0 Å². The van der Waals surface area contributed by atoms with Crippen molar-refractivity contribution in [1.29, 1.82) is 0 Å². The van der Waals surface area contributed by atoms with E-state index in [1.54, 1.807) is 0 Å². The molecule has 106 valence electrons. The van der Waals surface area contributed by atoms with E-state index in [-0.39, 0.29) is 5.82 Å². The lowest BCUT2D eigenvalue weighted by Gasteiger charge is -2.09. The fourth-order valence-electron chi connectivity index (χ4n) is 1.55. The summed E-state index contributed by atoms with van der Waals surface area (Å²) in [6.45, 7) is 6.43. The van der Waals surface area contributed by atoms with Gasteiger partial charge in [-0.05, 0) is 24.1 Å². The third-order valence-corrected chi connectivity index (χ3v) is 2.52. The highest BCUT2D eigenvalue weighted by Gasteiger charge is 2.06. The number of hydrogen-bond donors (Lipinski definition) is 2. The van der Waals surface area contributed by atoms with E-state index in [9.17, 15) is 9.18 Å². The number of halogens is 1. The lowest BCUT2D eigenvalue weighted by Crippen LogP contribution is -2.21. The summed E-state index contributed by atoms with van der Waals surface area (Å²) in [4.78, 5) is 11.0. The molecule has 0 spiro atoms. The van der Waals surface area contributed by atoms with Crippen LogP contribution in [0.2, 0.25) is 0 Å². The largest absolute Gasteiger partial charge is 0.380 e. The molecule has 4 nitrogen and oxygen atoms in total. The molecular formula is C14H21FN2O2. The van der Waals surface area contributed by atoms with Crippen molar-refractivity contribution in [1.82, 2.24) is 5.32 Å². The second-order valence-electron chi connectivity index (χ2n) is 4.82. The molecule has 1 aromatic rings. The number of hydrogen-bond acceptors (Lipinski definition) is 3. The van der Waals surface area contributed by atoms with Crippen LogP contribution >= 0.6 is 0 Å². The van der Waals surface area contributed by atoms with Crippen LogP contribution in [0.15, 0.2) is 18.2 Å². The van der Waals surface area contributed by atoms with Gasteiger partial charge >= 0.3 is 0 Å². The maximum Gasteiger partial charge on any atom is 0.248 e. The minimum Gasteiger partial charge on any atom is -0.380 e. The first-order valence-corrected chi connectivity index (χ1v) is 6.37. The van der Waals surface area contributed by atoms with E-state index in [4.69, 9.17) is 10.5 Å². The molecule has 0 aromatic heterocycles. The number of benzene rings is 1. The van der Waals surface area contributed by atoms with E-state index in [2.05, 4.69) is 19.2 Å². The average Bonchev–Trinajstić information content (AvgIpc) is 2.34. The van der Waals surface area contributed by atoms with Gasteiger partial charge in [0, 0.05) is 30.8 Å². The van der Waals surface area contributed by atoms with Crippen molar-refractivity contribution in [3.05, 3.63) is 35.1 Å². The number of ether oxygens (including phenoxy) is 1. The molecule has 0 fully saturated rings. The fourth-order valence-corrected chi connectivity index (χ4v) is 1.55. The van der Waals surface area contributed by atoms with Gasteiger partial charge in [-0.1, -0.05) is 13.8 Å². The third kappa shape index (κ3) is 5.81. The molecule has 1 aromatic carbocycles. The molecule has 1 rings (SSSR count). The molecule has 0 aliphatic carbocycles. The second-order valence-corrected chi connectivity index (χ2v) is 4.82. The number of rotatable bonds is 8. The van der Waals surface area contributed by atoms with Gasteiger partial charge < -0.3 is 15.8 Å². The minimum absolute atomic E-state index is 0.314. The second kappa shape index (κ2) is 7.86. The first kappa shape index (κ1) is 15.6. The first-order chi connectivity index (χ1) is 9.00. The topological polar surface area (TPSA) is 64.3 Å². The normalized spacial score (nSPS) is 10.9. The molecule has 0 bridgehead atoms. The fraction of sp³-hybridized carbons (Fsp3) is 0.500. The third-order valence-electron chi connectivity index (χ3n) is 2.52. The zero-order valence-corrected chi connectivity index (χ0v) is 11.4. The van der Waals surface area contributed by atoms with E-state index in [1.165, 1.54) is 18.2 Å². The summed E-state index contributed by atoms with van der Waals surface area (Å²) in [6.07, 6.45) is 0. The van der Waals surface area contributed by atoms with E-state index in [0.29, 0.717) is 43.3 Å². The Balaban J connectivity index is 2.36. The summed E-state index contributed by atoms with van der Waals surface area (Å²) in [5.74, 6) is -0.396. The summed E-state index contributed by atoms with van der Waals surface area (Å²) in [6, 6.07) is 4.11. The molecular weight excluding hydrogens is 247 g/mol. The Bertz CT molecular complexity index is 422. The number of carbonyl (C=O) groups is 1. The van der Waals surface area contributed by atoms with Gasteiger partial charge in [0.15, 0.2) is 0 Å². The number of amides is 1. The highest BCUT2D eigenvalue weighted by Crippen LogP contribution is 2.10. The summed E-state index contributed by atoms with van der Waals surface area (Å²) < 4.78 is 18.9. The van der Waals surface area contributed by atoms with Crippen LogP contribution in [-0.4, -0.2) is 25.7 Å². The highest BCUT2D eigenvalue weighted by molar-refractivity contribution is 5.92. The Kier molecular flexibility index (Phi) is 6.45. The SMILES string of the molecule is CC(C)COCCNCc1cc(C(N)=O)ccc1F. The van der Waals surface area contributed by atoms with Gasteiger partial charge in [-0.2, -0.15) is 0 Å². The zero-order valence-electron chi connectivity index (χ0n) is 11.4. The van der Waals surface area contributed by atoms with Crippen molar-refractivity contribution < 1.29 is 13.9 Å². The Morgan fingerprint density at radius 3 is 2.84 bits per heavy atom. The van der Waals surface area contributed by atoms with Crippen molar-refractivity contribution in [2.75, 3.05) is 19.8 Å². The van der Waals surface area contributed by atoms with Crippen molar-refractivity contribution in [3.63, 3.8) is 0 Å². The molecule has 0 saturated heterocycles. The number of carbonyl (C=O) groups excluding carboxylic acids is 1. The molecule has 0 aliphatic heterocycles. The number of nitrogens with two attached hydrogens (primary N) is 1. The lowest BCUT2D eigenvalue weighted by molar-refractivity contribution is 0.1000. The van der Waals surface area contributed by atoms with Gasteiger partial charge in [0.1, 0.15) is 5.82 Å². The van der Waals surface area contributed by atoms with Gasteiger partial charge in [0.25, 0.3) is 0 Å². The lowest BCUT2D eigenvalue weighted by atomic mass is 10.1. The maximum absolute atomic E-state index is 13.5. The zero-order chi connectivity index (χ0) is 14.3. The highest BCUT2D eigenvalue weighted by atomic mass is 19.1. The number of primary amides is 1. The average molecular weight is 268 g/mol. The molecule has 0 radical (unpaired) electrons. The van der Waals surface area contributed by atoms with E-state index >= 15 is 0 Å². The monoisotopic (exact) mass is 268 g/mol. The van der Waals surface area contributed by atoms with Crippen LogP contribution in [-0.2, 0) is 11.3 Å². The van der Waals surface area contributed by atoms with Gasteiger partial charge in [0.05, 0.1) is 6.61 Å². The van der Waals surface area contributed by atoms with Crippen LogP contribution in [0.1, 0.15) is 29.8 Å². The van der Waals surface area contributed by atoms with Gasteiger partial charge in [-0.25, -0.2) is 4.39 Å². The van der Waals surface area contributed by atoms with Crippen molar-refractivity contribution >= 4 is 5.91 Å². The molecule has 0 heterocycles. The number of nitrogens with one attached hydrogen (secondary N) is 1. The van der Waals surface area contributed by atoms with Crippen molar-refractivity contribution in [2.45, 2.75) is 20.4 Å². The predicted molar refractivity (Wildman–Crippen MR) is 72.3 cm³/mol. The predicted octanol–water partition coefficient (Wildman–Crippen LogP) is 1.69. The summed E-state index contributed by atoms with van der Waals surface area (Å²) in [5, 5.41) is 3.07. The van der Waals surface area contributed by atoms with Gasteiger partial charge in [0.2, 0.25) is 5.91 Å². The molecule has 0 saturated carbocycles. The molecule has 19 heavy (non-hydrogen) atoms. The van der Waals surface area contributed by atoms with E-state index in [1.807, 2.05) is 0 Å². The van der Waals surface area contributed by atoms with Crippen LogP contribution < -0.4 is 11.1 Å². The smallest absolute Gasteiger partial charge is 0.248 e. The summed E-state index contributed by atoms with van der Waals surface area (Å²) in [7, 11) is 0. The van der Waals surface area contributed by atoms with E-state index < -0.39 is 5.91 Å². The molecule has 1 amide bonds. The Hall–Kier alpha value is -1.46. The summed E-state index contributed by atoms with van der Waals surface area (Å²) in [5.41, 5.74) is 5.90. The van der Waals surface area contributed by atoms with Crippen LogP contribution in [0.4, 0.5) is 4.39 Å².